The molecule has 0 fully saturated rings. The molecule has 0 bridgehead atoms. The van der Waals surface area contributed by atoms with E-state index in [9.17, 15) is 0 Å². The summed E-state index contributed by atoms with van der Waals surface area (Å²) < 4.78 is 5.24. The van der Waals surface area contributed by atoms with Crippen molar-refractivity contribution in [1.29, 1.82) is 0 Å². The van der Waals surface area contributed by atoms with E-state index >= 15 is 0 Å². The first-order valence-electron chi connectivity index (χ1n) is 6.85. The highest BCUT2D eigenvalue weighted by atomic mass is 16.5. The lowest BCUT2D eigenvalue weighted by Gasteiger charge is -2.20. The monoisotopic (exact) mass is 258 g/mol. The van der Waals surface area contributed by atoms with Crippen molar-refractivity contribution < 1.29 is 4.52 Å². The molecule has 0 aliphatic carbocycles. The van der Waals surface area contributed by atoms with Gasteiger partial charge in [-0.25, -0.2) is 0 Å². The summed E-state index contributed by atoms with van der Waals surface area (Å²) in [5, 5.41) is 7.48. The average molecular weight is 258 g/mol. The van der Waals surface area contributed by atoms with Crippen LogP contribution in [0.1, 0.15) is 43.3 Å². The highest BCUT2D eigenvalue weighted by Crippen LogP contribution is 2.21. The Hall–Kier alpha value is -1.61. The van der Waals surface area contributed by atoms with Crippen LogP contribution in [-0.4, -0.2) is 5.16 Å². The lowest BCUT2D eigenvalue weighted by molar-refractivity contribution is 0.349. The quantitative estimate of drug-likeness (QED) is 0.855. The maximum absolute atomic E-state index is 5.24. The van der Waals surface area contributed by atoms with E-state index in [-0.39, 0.29) is 0 Å². The van der Waals surface area contributed by atoms with Gasteiger partial charge < -0.3 is 9.84 Å². The van der Waals surface area contributed by atoms with Crippen molar-refractivity contribution in [2.45, 2.75) is 39.8 Å². The molecule has 1 heterocycles. The number of hydrogen-bond donors (Lipinski definition) is 1. The van der Waals surface area contributed by atoms with E-state index in [1.165, 1.54) is 5.56 Å². The Kier molecular flexibility index (Phi) is 4.74. The largest absolute Gasteiger partial charge is 0.360 e. The molecule has 2 aromatic rings. The minimum absolute atomic E-state index is 0.353. The fraction of sp³-hybridized carbons (Fsp3) is 0.438. The van der Waals surface area contributed by atoms with Crippen LogP contribution in [0.25, 0.3) is 0 Å². The zero-order valence-corrected chi connectivity index (χ0v) is 11.9. The van der Waals surface area contributed by atoms with Gasteiger partial charge in [-0.15, -0.1) is 0 Å². The molecule has 102 valence electrons. The summed E-state index contributed by atoms with van der Waals surface area (Å²) >= 11 is 0. The molecule has 1 N–H and O–H groups in total. The number of hydrogen-bond acceptors (Lipinski definition) is 3. The van der Waals surface area contributed by atoms with E-state index < -0.39 is 0 Å². The van der Waals surface area contributed by atoms with Gasteiger partial charge in [-0.2, -0.15) is 0 Å². The van der Waals surface area contributed by atoms with Crippen molar-refractivity contribution in [3.05, 3.63) is 53.4 Å². The van der Waals surface area contributed by atoms with Crippen LogP contribution in [0.3, 0.4) is 0 Å². The Bertz CT molecular complexity index is 490. The summed E-state index contributed by atoms with van der Waals surface area (Å²) in [4.78, 5) is 0. The lowest BCUT2D eigenvalue weighted by atomic mass is 9.97. The minimum atomic E-state index is 0.353. The predicted octanol–water partition coefficient (Wildman–Crippen LogP) is 3.86. The SMILES string of the molecule is Cc1cc(CNC(CC(C)C)c2ccccc2)on1. The molecule has 3 heteroatoms. The molecule has 19 heavy (non-hydrogen) atoms. The standard InChI is InChI=1S/C16H22N2O/c1-12(2)9-16(14-7-5-4-6-8-14)17-11-15-10-13(3)18-19-15/h4-8,10,12,16-17H,9,11H2,1-3H3. The third-order valence-electron chi connectivity index (χ3n) is 3.11. The molecule has 0 aliphatic heterocycles. The van der Waals surface area contributed by atoms with Gasteiger partial charge in [-0.05, 0) is 24.8 Å². The maximum Gasteiger partial charge on any atom is 0.150 e. The van der Waals surface area contributed by atoms with Crippen LogP contribution in [0.2, 0.25) is 0 Å². The molecule has 0 saturated carbocycles. The normalized spacial score (nSPS) is 12.8. The molecule has 0 amide bonds. The number of aryl methyl sites for hydroxylation is 1. The van der Waals surface area contributed by atoms with Gasteiger partial charge in [0, 0.05) is 12.1 Å². The molecule has 0 spiro atoms. The summed E-state index contributed by atoms with van der Waals surface area (Å²) in [6, 6.07) is 12.9. The van der Waals surface area contributed by atoms with Crippen LogP contribution in [0.4, 0.5) is 0 Å². The Morgan fingerprint density at radius 3 is 2.53 bits per heavy atom. The summed E-state index contributed by atoms with van der Waals surface area (Å²) in [6.07, 6.45) is 1.11. The van der Waals surface area contributed by atoms with Gasteiger partial charge in [0.05, 0.1) is 12.2 Å². The van der Waals surface area contributed by atoms with Crippen LogP contribution < -0.4 is 5.32 Å². The first-order chi connectivity index (χ1) is 9.15. The van der Waals surface area contributed by atoms with Crippen molar-refractivity contribution in [1.82, 2.24) is 10.5 Å². The van der Waals surface area contributed by atoms with Crippen molar-refractivity contribution in [2.75, 3.05) is 0 Å². The van der Waals surface area contributed by atoms with E-state index in [2.05, 4.69) is 54.7 Å². The molecule has 1 unspecified atom stereocenters. The first-order valence-corrected chi connectivity index (χ1v) is 6.85. The third kappa shape index (κ3) is 4.21. The van der Waals surface area contributed by atoms with Gasteiger partial charge in [0.2, 0.25) is 0 Å². The van der Waals surface area contributed by atoms with Crippen molar-refractivity contribution >= 4 is 0 Å². The van der Waals surface area contributed by atoms with Crippen LogP contribution in [0, 0.1) is 12.8 Å². The van der Waals surface area contributed by atoms with E-state index in [1.54, 1.807) is 0 Å². The van der Waals surface area contributed by atoms with Crippen LogP contribution >= 0.6 is 0 Å². The van der Waals surface area contributed by atoms with Crippen LogP contribution in [0.15, 0.2) is 40.9 Å². The molecule has 0 radical (unpaired) electrons. The van der Waals surface area contributed by atoms with Gasteiger partial charge >= 0.3 is 0 Å². The smallest absolute Gasteiger partial charge is 0.150 e. The molecule has 1 aromatic heterocycles. The summed E-state index contributed by atoms with van der Waals surface area (Å²) in [5.41, 5.74) is 2.25. The average Bonchev–Trinajstić information content (AvgIpc) is 2.81. The Labute approximate surface area is 115 Å². The molecular formula is C16H22N2O. The summed E-state index contributed by atoms with van der Waals surface area (Å²) in [6.45, 7) is 7.15. The fourth-order valence-electron chi connectivity index (χ4n) is 2.22. The second-order valence-electron chi connectivity index (χ2n) is 5.41. The predicted molar refractivity (Wildman–Crippen MR) is 76.7 cm³/mol. The molecule has 3 nitrogen and oxygen atoms in total. The Morgan fingerprint density at radius 1 is 1.21 bits per heavy atom. The van der Waals surface area contributed by atoms with Crippen molar-refractivity contribution in [2.24, 2.45) is 5.92 Å². The van der Waals surface area contributed by atoms with Crippen molar-refractivity contribution in [3.8, 4) is 0 Å². The highest BCUT2D eigenvalue weighted by Gasteiger charge is 2.13. The Morgan fingerprint density at radius 2 is 1.95 bits per heavy atom. The zero-order chi connectivity index (χ0) is 13.7. The number of aromatic nitrogens is 1. The van der Waals surface area contributed by atoms with E-state index in [4.69, 9.17) is 4.52 Å². The van der Waals surface area contributed by atoms with Crippen molar-refractivity contribution in [3.63, 3.8) is 0 Å². The molecular weight excluding hydrogens is 236 g/mol. The minimum Gasteiger partial charge on any atom is -0.360 e. The summed E-state index contributed by atoms with van der Waals surface area (Å²) in [7, 11) is 0. The van der Waals surface area contributed by atoms with Gasteiger partial charge in [-0.1, -0.05) is 49.3 Å². The zero-order valence-electron chi connectivity index (χ0n) is 11.9. The van der Waals surface area contributed by atoms with Crippen LogP contribution in [-0.2, 0) is 6.54 Å². The van der Waals surface area contributed by atoms with E-state index in [0.717, 1.165) is 17.9 Å². The van der Waals surface area contributed by atoms with Gasteiger partial charge in [-0.3, -0.25) is 0 Å². The maximum atomic E-state index is 5.24. The van der Waals surface area contributed by atoms with Gasteiger partial charge in [0.1, 0.15) is 0 Å². The number of nitrogens with zero attached hydrogens (tertiary/aromatic N) is 1. The van der Waals surface area contributed by atoms with E-state index in [1.807, 2.05) is 13.0 Å². The third-order valence-corrected chi connectivity index (χ3v) is 3.11. The number of rotatable bonds is 6. The number of benzene rings is 1. The lowest BCUT2D eigenvalue weighted by Crippen LogP contribution is -2.22. The van der Waals surface area contributed by atoms with Gasteiger partial charge in [0.15, 0.2) is 5.76 Å². The van der Waals surface area contributed by atoms with Gasteiger partial charge in [0.25, 0.3) is 0 Å². The topological polar surface area (TPSA) is 38.1 Å². The fourth-order valence-corrected chi connectivity index (χ4v) is 2.22. The highest BCUT2D eigenvalue weighted by molar-refractivity contribution is 5.19. The number of nitrogens with one attached hydrogen (secondary N) is 1. The molecule has 2 rings (SSSR count). The molecule has 1 aromatic carbocycles. The van der Waals surface area contributed by atoms with Crippen LogP contribution in [0.5, 0.6) is 0 Å². The second kappa shape index (κ2) is 6.53. The van der Waals surface area contributed by atoms with E-state index in [0.29, 0.717) is 18.5 Å². The molecule has 1 atom stereocenters. The second-order valence-corrected chi connectivity index (χ2v) is 5.41. The Balaban J connectivity index is 2.02. The molecule has 0 aliphatic rings. The molecule has 0 saturated heterocycles. The summed E-state index contributed by atoms with van der Waals surface area (Å²) in [5.74, 6) is 1.54. The first kappa shape index (κ1) is 13.8.